The van der Waals surface area contributed by atoms with Gasteiger partial charge >= 0.3 is 5.97 Å². The number of carbonyl (C=O) groups excluding carboxylic acids is 2. The second-order valence-corrected chi connectivity index (χ2v) is 5.83. The molecule has 3 heteroatoms. The maximum Gasteiger partial charge on any atom is 0.316 e. The number of esters is 1. The quantitative estimate of drug-likeness (QED) is 0.379. The van der Waals surface area contributed by atoms with Crippen molar-refractivity contribution in [3.05, 3.63) is 17.4 Å². The monoisotopic (exact) mass is 292 g/mol. The molecule has 0 aromatic rings. The molecule has 1 rings (SSSR count). The van der Waals surface area contributed by atoms with E-state index in [1.165, 1.54) is 0 Å². The topological polar surface area (TPSA) is 43.4 Å². The van der Waals surface area contributed by atoms with Crippen molar-refractivity contribution in [2.45, 2.75) is 72.1 Å². The van der Waals surface area contributed by atoms with Gasteiger partial charge in [-0.2, -0.15) is 0 Å². The molecule has 0 spiro atoms. The van der Waals surface area contributed by atoms with Gasteiger partial charge in [0.1, 0.15) is 5.78 Å². The Hall–Kier alpha value is -1.34. The largest absolute Gasteiger partial charge is 0.465 e. The summed E-state index contributed by atoms with van der Waals surface area (Å²) in [5, 5.41) is 0. The van der Waals surface area contributed by atoms with Crippen molar-refractivity contribution in [1.29, 1.82) is 0 Å². The molecular formula is C18H28O3. The summed E-state index contributed by atoms with van der Waals surface area (Å²) < 4.78 is 5.29. The molecule has 0 amide bonds. The number of ether oxygens (including phenoxy) is 1. The summed E-state index contributed by atoms with van der Waals surface area (Å²) in [5.41, 5.74) is 3.78. The van der Waals surface area contributed by atoms with E-state index in [0.717, 1.165) is 44.1 Å². The molecule has 0 saturated heterocycles. The van der Waals surface area contributed by atoms with Crippen molar-refractivity contribution in [2.75, 3.05) is 6.61 Å². The predicted molar refractivity (Wildman–Crippen MR) is 84.0 cm³/mol. The highest BCUT2D eigenvalue weighted by atomic mass is 16.5. The summed E-state index contributed by atoms with van der Waals surface area (Å²) >= 11 is 0. The van der Waals surface area contributed by atoms with Gasteiger partial charge in [0.05, 0.1) is 12.0 Å². The van der Waals surface area contributed by atoms with E-state index in [-0.39, 0.29) is 11.8 Å². The first-order chi connectivity index (χ1) is 10.1. The second-order valence-electron chi connectivity index (χ2n) is 5.83. The highest BCUT2D eigenvalue weighted by Crippen LogP contribution is 2.47. The molecule has 1 fully saturated rings. The van der Waals surface area contributed by atoms with Crippen LogP contribution < -0.4 is 0 Å². The van der Waals surface area contributed by atoms with E-state index in [0.29, 0.717) is 19.4 Å². The summed E-state index contributed by atoms with van der Waals surface area (Å²) in [4.78, 5) is 23.8. The van der Waals surface area contributed by atoms with Crippen LogP contribution in [0.1, 0.15) is 72.1 Å². The Morgan fingerprint density at radius 1 is 1.38 bits per heavy atom. The molecule has 0 heterocycles. The molecule has 1 atom stereocenters. The number of carbonyl (C=O) groups is 2. The summed E-state index contributed by atoms with van der Waals surface area (Å²) in [7, 11) is 0. The number of ketones is 1. The minimum atomic E-state index is -0.607. The average molecular weight is 292 g/mol. The number of hydrogen-bond acceptors (Lipinski definition) is 3. The molecule has 0 bridgehead atoms. The van der Waals surface area contributed by atoms with E-state index in [9.17, 15) is 9.59 Å². The van der Waals surface area contributed by atoms with Gasteiger partial charge in [-0.1, -0.05) is 13.3 Å². The zero-order valence-corrected chi connectivity index (χ0v) is 13.7. The summed E-state index contributed by atoms with van der Waals surface area (Å²) in [6, 6.07) is 0. The Labute approximate surface area is 128 Å². The van der Waals surface area contributed by atoms with E-state index in [4.69, 9.17) is 4.74 Å². The smallest absolute Gasteiger partial charge is 0.316 e. The van der Waals surface area contributed by atoms with Crippen LogP contribution in [0.3, 0.4) is 0 Å². The lowest BCUT2D eigenvalue weighted by molar-refractivity contribution is -0.153. The first-order valence-corrected chi connectivity index (χ1v) is 8.18. The standard InChI is InChI=1S/C18H28O3/c1-4-6-7-8-10-16-11-9-13-18(16,14-12-15(3)19)17(20)21-5-2/h8H,4-7,9,11-14H2,1-3H3. The molecule has 1 aliphatic carbocycles. The van der Waals surface area contributed by atoms with Crippen molar-refractivity contribution in [3.8, 4) is 0 Å². The van der Waals surface area contributed by atoms with Crippen LogP contribution in [0.15, 0.2) is 17.4 Å². The molecule has 0 aliphatic heterocycles. The molecule has 21 heavy (non-hydrogen) atoms. The Morgan fingerprint density at radius 3 is 2.76 bits per heavy atom. The van der Waals surface area contributed by atoms with E-state index < -0.39 is 5.41 Å². The van der Waals surface area contributed by atoms with Crippen LogP contribution in [-0.2, 0) is 14.3 Å². The molecule has 0 radical (unpaired) electrons. The fourth-order valence-corrected chi connectivity index (χ4v) is 2.93. The van der Waals surface area contributed by atoms with Crippen LogP contribution in [0.4, 0.5) is 0 Å². The van der Waals surface area contributed by atoms with Crippen molar-refractivity contribution < 1.29 is 14.3 Å². The van der Waals surface area contributed by atoms with Crippen molar-refractivity contribution in [1.82, 2.24) is 0 Å². The van der Waals surface area contributed by atoms with Gasteiger partial charge in [0.15, 0.2) is 0 Å². The van der Waals surface area contributed by atoms with Crippen LogP contribution >= 0.6 is 0 Å². The van der Waals surface area contributed by atoms with Crippen LogP contribution in [0.2, 0.25) is 0 Å². The minimum absolute atomic E-state index is 0.125. The van der Waals surface area contributed by atoms with Crippen LogP contribution in [0.25, 0.3) is 0 Å². The molecule has 1 saturated carbocycles. The Morgan fingerprint density at radius 2 is 2.14 bits per heavy atom. The molecule has 118 valence electrons. The molecule has 0 aromatic carbocycles. The fraction of sp³-hybridized carbons (Fsp3) is 0.722. The normalized spacial score (nSPS) is 21.0. The number of hydrogen-bond donors (Lipinski definition) is 0. The fourth-order valence-electron chi connectivity index (χ4n) is 2.93. The molecule has 0 N–H and O–H groups in total. The summed E-state index contributed by atoms with van der Waals surface area (Å²) in [6.07, 6.45) is 8.96. The van der Waals surface area contributed by atoms with Crippen molar-refractivity contribution >= 4 is 11.8 Å². The maximum atomic E-state index is 12.5. The number of unbranched alkanes of at least 4 members (excludes halogenated alkanes) is 2. The highest BCUT2D eigenvalue weighted by Gasteiger charge is 2.46. The third kappa shape index (κ3) is 4.86. The zero-order chi connectivity index (χ0) is 15.7. The SMILES string of the molecule is CCCCC=C=C1CCCC1(CCC(C)=O)C(=O)OCC. The Balaban J connectivity index is 2.99. The summed E-state index contributed by atoms with van der Waals surface area (Å²) in [6.45, 7) is 5.94. The first-order valence-electron chi connectivity index (χ1n) is 8.18. The third-order valence-electron chi connectivity index (χ3n) is 4.16. The van der Waals surface area contributed by atoms with Gasteiger partial charge in [-0.15, -0.1) is 5.73 Å². The Kier molecular flexibility index (Phi) is 7.45. The molecule has 3 nitrogen and oxygen atoms in total. The van der Waals surface area contributed by atoms with Gasteiger partial charge in [0, 0.05) is 6.42 Å². The average Bonchev–Trinajstić information content (AvgIpc) is 2.86. The number of Topliss-reactive ketones (excluding diaryl/α,β-unsaturated/α-hetero) is 1. The van der Waals surface area contributed by atoms with Gasteiger partial charge in [-0.3, -0.25) is 4.79 Å². The maximum absolute atomic E-state index is 12.5. The Bertz CT molecular complexity index is 430. The predicted octanol–water partition coefficient (Wildman–Crippen LogP) is 4.36. The molecule has 0 aromatic heterocycles. The lowest BCUT2D eigenvalue weighted by Gasteiger charge is -2.27. The lowest BCUT2D eigenvalue weighted by Crippen LogP contribution is -2.32. The van der Waals surface area contributed by atoms with E-state index in [1.54, 1.807) is 6.92 Å². The molecule has 1 aliphatic rings. The van der Waals surface area contributed by atoms with E-state index in [1.807, 2.05) is 13.0 Å². The molecule has 1 unspecified atom stereocenters. The van der Waals surface area contributed by atoms with Crippen molar-refractivity contribution in [3.63, 3.8) is 0 Å². The van der Waals surface area contributed by atoms with E-state index in [2.05, 4.69) is 12.7 Å². The highest BCUT2D eigenvalue weighted by molar-refractivity contribution is 5.83. The second kappa shape index (κ2) is 8.84. The van der Waals surface area contributed by atoms with Crippen LogP contribution in [-0.4, -0.2) is 18.4 Å². The third-order valence-corrected chi connectivity index (χ3v) is 4.16. The lowest BCUT2D eigenvalue weighted by atomic mass is 9.77. The van der Waals surface area contributed by atoms with Crippen LogP contribution in [0, 0.1) is 5.41 Å². The van der Waals surface area contributed by atoms with Gasteiger partial charge < -0.3 is 9.53 Å². The number of rotatable bonds is 8. The van der Waals surface area contributed by atoms with Crippen LogP contribution in [0.5, 0.6) is 0 Å². The molecular weight excluding hydrogens is 264 g/mol. The minimum Gasteiger partial charge on any atom is -0.465 e. The van der Waals surface area contributed by atoms with Gasteiger partial charge in [-0.25, -0.2) is 0 Å². The van der Waals surface area contributed by atoms with E-state index >= 15 is 0 Å². The van der Waals surface area contributed by atoms with Gasteiger partial charge in [-0.05, 0) is 64.0 Å². The van der Waals surface area contributed by atoms with Gasteiger partial charge in [0.2, 0.25) is 0 Å². The summed E-state index contributed by atoms with van der Waals surface area (Å²) in [5.74, 6) is -0.0463. The zero-order valence-electron chi connectivity index (χ0n) is 13.7. The van der Waals surface area contributed by atoms with Crippen molar-refractivity contribution in [2.24, 2.45) is 5.41 Å². The van der Waals surface area contributed by atoms with Gasteiger partial charge in [0.25, 0.3) is 0 Å². The first kappa shape index (κ1) is 17.7.